The third-order valence-corrected chi connectivity index (χ3v) is 6.51. The molecule has 2 fully saturated rings. The SMILES string of the molecule is CC1CN(c2ncnc3c2c(C2CC2)cn3-c2cc(F)cc(Cl)c2)CCN1C(=O)OC(C)(C)C. The van der Waals surface area contributed by atoms with Gasteiger partial charge in [-0.05, 0) is 70.2 Å². The van der Waals surface area contributed by atoms with Crippen molar-refractivity contribution in [3.05, 3.63) is 47.1 Å². The van der Waals surface area contributed by atoms with Gasteiger partial charge in [-0.2, -0.15) is 0 Å². The van der Waals surface area contributed by atoms with Crippen molar-refractivity contribution >= 4 is 34.5 Å². The number of amides is 1. The number of benzene rings is 1. The normalized spacial score (nSPS) is 19.1. The van der Waals surface area contributed by atoms with Crippen LogP contribution in [0.4, 0.5) is 15.0 Å². The van der Waals surface area contributed by atoms with Gasteiger partial charge in [0.05, 0.1) is 11.1 Å². The minimum Gasteiger partial charge on any atom is -0.444 e. The molecule has 1 aliphatic carbocycles. The lowest BCUT2D eigenvalue weighted by atomic mass is 10.1. The van der Waals surface area contributed by atoms with Gasteiger partial charge in [0.25, 0.3) is 0 Å². The van der Waals surface area contributed by atoms with Gasteiger partial charge in [0.15, 0.2) is 0 Å². The zero-order valence-corrected chi connectivity index (χ0v) is 20.6. The number of hydrogen-bond acceptors (Lipinski definition) is 5. The molecule has 0 spiro atoms. The Labute approximate surface area is 203 Å². The van der Waals surface area contributed by atoms with Gasteiger partial charge in [0, 0.05) is 36.9 Å². The highest BCUT2D eigenvalue weighted by Gasteiger charge is 2.34. The molecule has 0 N–H and O–H groups in total. The molecule has 1 aromatic carbocycles. The average Bonchev–Trinajstić information content (AvgIpc) is 3.51. The number of piperazine rings is 1. The molecule has 2 aromatic heterocycles. The number of halogens is 2. The Kier molecular flexibility index (Phi) is 5.67. The third-order valence-electron chi connectivity index (χ3n) is 6.29. The van der Waals surface area contributed by atoms with Crippen molar-refractivity contribution in [1.82, 2.24) is 19.4 Å². The monoisotopic (exact) mass is 485 g/mol. The van der Waals surface area contributed by atoms with Crippen LogP contribution >= 0.6 is 11.6 Å². The predicted octanol–water partition coefficient (Wildman–Crippen LogP) is 5.54. The van der Waals surface area contributed by atoms with Gasteiger partial charge < -0.3 is 19.1 Å². The maximum Gasteiger partial charge on any atom is 0.410 e. The van der Waals surface area contributed by atoms with Gasteiger partial charge in [-0.25, -0.2) is 19.2 Å². The summed E-state index contributed by atoms with van der Waals surface area (Å²) in [6.07, 6.45) is 5.53. The summed E-state index contributed by atoms with van der Waals surface area (Å²) >= 11 is 6.14. The lowest BCUT2D eigenvalue weighted by Gasteiger charge is -2.40. The fourth-order valence-electron chi connectivity index (χ4n) is 4.63. The molecule has 1 atom stereocenters. The van der Waals surface area contributed by atoms with E-state index in [2.05, 4.69) is 14.9 Å². The third kappa shape index (κ3) is 4.43. The van der Waals surface area contributed by atoms with Crippen molar-refractivity contribution in [1.29, 1.82) is 0 Å². The maximum atomic E-state index is 14.1. The Morgan fingerprint density at radius 3 is 2.59 bits per heavy atom. The van der Waals surface area contributed by atoms with Gasteiger partial charge in [-0.3, -0.25) is 0 Å². The first-order valence-electron chi connectivity index (χ1n) is 11.7. The van der Waals surface area contributed by atoms with Crippen LogP contribution in [0, 0.1) is 5.82 Å². The van der Waals surface area contributed by atoms with Crippen LogP contribution in [-0.2, 0) is 4.74 Å². The molecule has 1 saturated heterocycles. The van der Waals surface area contributed by atoms with Crippen LogP contribution < -0.4 is 4.90 Å². The lowest BCUT2D eigenvalue weighted by Crippen LogP contribution is -2.55. The number of ether oxygens (including phenoxy) is 1. The molecule has 0 bridgehead atoms. The van der Waals surface area contributed by atoms with Crippen LogP contribution in [0.1, 0.15) is 52.0 Å². The number of fused-ring (bicyclic) bond motifs is 1. The lowest BCUT2D eigenvalue weighted by molar-refractivity contribution is 0.0159. The van der Waals surface area contributed by atoms with Crippen molar-refractivity contribution in [2.75, 3.05) is 24.5 Å². The number of nitrogens with zero attached hydrogens (tertiary/aromatic N) is 5. The number of aromatic nitrogens is 3. The van der Waals surface area contributed by atoms with Gasteiger partial charge in [-0.1, -0.05) is 11.6 Å². The van der Waals surface area contributed by atoms with Crippen molar-refractivity contribution in [3.63, 3.8) is 0 Å². The van der Waals surface area contributed by atoms with E-state index in [1.54, 1.807) is 17.3 Å². The van der Waals surface area contributed by atoms with E-state index in [0.29, 0.717) is 36.3 Å². The number of hydrogen-bond donors (Lipinski definition) is 0. The first-order chi connectivity index (χ1) is 16.1. The Balaban J connectivity index is 1.50. The average molecular weight is 486 g/mol. The van der Waals surface area contributed by atoms with Crippen molar-refractivity contribution < 1.29 is 13.9 Å². The number of carbonyl (C=O) groups excluding carboxylic acids is 1. The Morgan fingerprint density at radius 2 is 1.94 bits per heavy atom. The highest BCUT2D eigenvalue weighted by atomic mass is 35.5. The largest absolute Gasteiger partial charge is 0.444 e. The molecule has 180 valence electrons. The zero-order chi connectivity index (χ0) is 24.2. The predicted molar refractivity (Wildman–Crippen MR) is 130 cm³/mol. The minimum absolute atomic E-state index is 0.0397. The molecule has 3 heterocycles. The van der Waals surface area contributed by atoms with E-state index in [4.69, 9.17) is 16.3 Å². The van der Waals surface area contributed by atoms with Gasteiger partial charge in [0.2, 0.25) is 0 Å². The Hall–Kier alpha value is -2.87. The fourth-order valence-corrected chi connectivity index (χ4v) is 4.85. The quantitative estimate of drug-likeness (QED) is 0.487. The van der Waals surface area contributed by atoms with Crippen molar-refractivity contribution in [2.45, 2.75) is 58.1 Å². The van der Waals surface area contributed by atoms with Crippen LogP contribution in [0.25, 0.3) is 16.7 Å². The molecule has 9 heteroatoms. The fraction of sp³-hybridized carbons (Fsp3) is 0.480. The van der Waals surface area contributed by atoms with E-state index in [0.717, 1.165) is 29.7 Å². The minimum atomic E-state index is -0.533. The molecule has 1 aliphatic heterocycles. The summed E-state index contributed by atoms with van der Waals surface area (Å²) in [6.45, 7) is 9.46. The summed E-state index contributed by atoms with van der Waals surface area (Å²) in [4.78, 5) is 25.9. The van der Waals surface area contributed by atoms with Crippen molar-refractivity contribution in [3.8, 4) is 5.69 Å². The summed E-state index contributed by atoms with van der Waals surface area (Å²) in [7, 11) is 0. The van der Waals surface area contributed by atoms with Crippen LogP contribution in [0.15, 0.2) is 30.7 Å². The molecule has 3 aromatic rings. The van der Waals surface area contributed by atoms with Gasteiger partial charge >= 0.3 is 6.09 Å². The first-order valence-corrected chi connectivity index (χ1v) is 12.1. The standard InChI is InChI=1S/C25H29ClFN5O2/c1-15-12-30(7-8-31(15)24(33)34-25(2,3)4)22-21-20(16-5-6-16)13-32(23(21)29-14-28-22)19-10-17(26)9-18(27)11-19/h9-11,13-16H,5-8,12H2,1-4H3. The number of anilines is 1. The molecular weight excluding hydrogens is 457 g/mol. The number of rotatable bonds is 3. The molecule has 1 unspecified atom stereocenters. The number of carbonyl (C=O) groups is 1. The molecule has 0 radical (unpaired) electrons. The molecule has 7 nitrogen and oxygen atoms in total. The maximum absolute atomic E-state index is 14.1. The van der Waals surface area contributed by atoms with Crippen molar-refractivity contribution in [2.24, 2.45) is 0 Å². The van der Waals surface area contributed by atoms with Gasteiger partial charge in [-0.15, -0.1) is 0 Å². The van der Waals surface area contributed by atoms with E-state index in [1.807, 2.05) is 38.5 Å². The summed E-state index contributed by atoms with van der Waals surface area (Å²) in [6, 6.07) is 4.46. The summed E-state index contributed by atoms with van der Waals surface area (Å²) in [5, 5.41) is 1.33. The van der Waals surface area contributed by atoms with Gasteiger partial charge in [0.1, 0.15) is 29.2 Å². The summed E-state index contributed by atoms with van der Waals surface area (Å²) in [5.74, 6) is 0.903. The Bertz CT molecular complexity index is 1230. The van der Waals surface area contributed by atoms with E-state index in [9.17, 15) is 9.18 Å². The second kappa shape index (κ2) is 8.41. The summed E-state index contributed by atoms with van der Waals surface area (Å²) in [5.41, 5.74) is 2.01. The summed E-state index contributed by atoms with van der Waals surface area (Å²) < 4.78 is 21.6. The molecule has 1 amide bonds. The van der Waals surface area contributed by atoms with Crippen LogP contribution in [0.5, 0.6) is 0 Å². The zero-order valence-electron chi connectivity index (χ0n) is 19.9. The second-order valence-electron chi connectivity index (χ2n) is 10.2. The molecule has 2 aliphatic rings. The molecule has 1 saturated carbocycles. The van der Waals surface area contributed by atoms with E-state index in [1.165, 1.54) is 17.7 Å². The topological polar surface area (TPSA) is 63.5 Å². The Morgan fingerprint density at radius 1 is 1.18 bits per heavy atom. The highest BCUT2D eigenvalue weighted by Crippen LogP contribution is 2.46. The smallest absolute Gasteiger partial charge is 0.410 e. The van der Waals surface area contributed by atoms with Crippen LogP contribution in [-0.4, -0.2) is 56.8 Å². The van der Waals surface area contributed by atoms with E-state index in [-0.39, 0.29) is 12.1 Å². The van der Waals surface area contributed by atoms with Crippen LogP contribution in [0.2, 0.25) is 5.02 Å². The highest BCUT2D eigenvalue weighted by molar-refractivity contribution is 6.30. The molecule has 34 heavy (non-hydrogen) atoms. The van der Waals surface area contributed by atoms with E-state index >= 15 is 0 Å². The first kappa shape index (κ1) is 22.9. The molecular formula is C25H29ClFN5O2. The van der Waals surface area contributed by atoms with E-state index < -0.39 is 11.4 Å². The second-order valence-corrected chi connectivity index (χ2v) is 10.7. The molecule has 5 rings (SSSR count). The van der Waals surface area contributed by atoms with Crippen LogP contribution in [0.3, 0.4) is 0 Å².